The maximum atomic E-state index is 6.30. The Hall–Kier alpha value is -1.10. The second-order valence-corrected chi connectivity index (χ2v) is 5.78. The van der Waals surface area contributed by atoms with Crippen molar-refractivity contribution in [2.24, 2.45) is 5.73 Å². The second kappa shape index (κ2) is 6.37. The number of rotatable bonds is 6. The van der Waals surface area contributed by atoms with Crippen LogP contribution in [-0.4, -0.2) is 18.0 Å². The van der Waals surface area contributed by atoms with Gasteiger partial charge < -0.3 is 10.2 Å². The van der Waals surface area contributed by atoms with Gasteiger partial charge >= 0.3 is 0 Å². The van der Waals surface area contributed by atoms with E-state index in [-0.39, 0.29) is 12.1 Å². The summed E-state index contributed by atoms with van der Waals surface area (Å²) in [6.07, 6.45) is 0.960. The van der Waals surface area contributed by atoms with Crippen LogP contribution < -0.4 is 5.73 Å². The van der Waals surface area contributed by atoms with Gasteiger partial charge in [0.2, 0.25) is 0 Å². The summed E-state index contributed by atoms with van der Waals surface area (Å²) in [5, 5.41) is 4.29. The fourth-order valence-electron chi connectivity index (χ4n) is 2.41. The zero-order valence-electron chi connectivity index (χ0n) is 11.8. The van der Waals surface area contributed by atoms with E-state index in [9.17, 15) is 0 Å². The Bertz CT molecular complexity index is 492. The lowest BCUT2D eigenvalue weighted by atomic mass is 9.99. The molecule has 2 aromatic rings. The van der Waals surface area contributed by atoms with Crippen molar-refractivity contribution in [1.29, 1.82) is 0 Å². The van der Waals surface area contributed by atoms with Crippen LogP contribution in [0.2, 0.25) is 0 Å². The Morgan fingerprint density at radius 2 is 2.16 bits per heavy atom. The molecule has 0 spiro atoms. The predicted octanol–water partition coefficient (Wildman–Crippen LogP) is 3.56. The molecule has 2 N–H and O–H groups in total. The van der Waals surface area contributed by atoms with Gasteiger partial charge in [-0.25, -0.2) is 0 Å². The van der Waals surface area contributed by atoms with Crippen LogP contribution in [0.5, 0.6) is 0 Å². The van der Waals surface area contributed by atoms with Crippen molar-refractivity contribution in [3.05, 3.63) is 46.0 Å². The van der Waals surface area contributed by atoms with Crippen molar-refractivity contribution in [3.63, 3.8) is 0 Å². The van der Waals surface area contributed by atoms with Crippen molar-refractivity contribution >= 4 is 11.3 Å². The van der Waals surface area contributed by atoms with Gasteiger partial charge in [-0.15, -0.1) is 0 Å². The minimum atomic E-state index is 0.135. The van der Waals surface area contributed by atoms with Crippen molar-refractivity contribution < 1.29 is 4.42 Å². The fraction of sp³-hybridized carbons (Fsp3) is 0.467. The summed E-state index contributed by atoms with van der Waals surface area (Å²) < 4.78 is 5.66. The highest BCUT2D eigenvalue weighted by Gasteiger charge is 2.24. The van der Waals surface area contributed by atoms with E-state index in [1.165, 1.54) is 5.56 Å². The summed E-state index contributed by atoms with van der Waals surface area (Å²) in [5.41, 5.74) is 7.60. The standard InChI is InChI=1S/C15H22N2OS/c1-4-14(16)15(12-7-8-19-10-12)17(3)9-13-6-5-11(2)18-13/h5-8,10,14-15H,4,9,16H2,1-3H3. The first kappa shape index (κ1) is 14.3. The molecule has 0 amide bonds. The first-order valence-electron chi connectivity index (χ1n) is 6.65. The molecule has 0 aliphatic heterocycles. The summed E-state index contributed by atoms with van der Waals surface area (Å²) in [6.45, 7) is 4.88. The number of thiophene rings is 1. The molecule has 0 fully saturated rings. The normalized spacial score (nSPS) is 14.8. The molecule has 19 heavy (non-hydrogen) atoms. The lowest BCUT2D eigenvalue weighted by molar-refractivity contribution is 0.187. The molecule has 0 saturated carbocycles. The second-order valence-electron chi connectivity index (χ2n) is 5.00. The minimum Gasteiger partial charge on any atom is -0.465 e. The Balaban J connectivity index is 2.14. The molecule has 0 aromatic carbocycles. The molecule has 0 aliphatic rings. The van der Waals surface area contributed by atoms with Crippen LogP contribution in [0.15, 0.2) is 33.4 Å². The van der Waals surface area contributed by atoms with Crippen LogP contribution >= 0.6 is 11.3 Å². The molecule has 2 aromatic heterocycles. The molecule has 4 heteroatoms. The van der Waals surface area contributed by atoms with Gasteiger partial charge in [-0.3, -0.25) is 4.90 Å². The first-order valence-corrected chi connectivity index (χ1v) is 7.59. The Labute approximate surface area is 119 Å². The summed E-state index contributed by atoms with van der Waals surface area (Å²) in [5.74, 6) is 1.94. The monoisotopic (exact) mass is 278 g/mol. The number of likely N-dealkylation sites (N-methyl/N-ethyl adjacent to an activating group) is 1. The van der Waals surface area contributed by atoms with Gasteiger partial charge in [0.1, 0.15) is 11.5 Å². The maximum absolute atomic E-state index is 6.30. The highest BCUT2D eigenvalue weighted by atomic mass is 32.1. The van der Waals surface area contributed by atoms with E-state index in [1.807, 2.05) is 19.1 Å². The number of nitrogens with zero attached hydrogens (tertiary/aromatic N) is 1. The van der Waals surface area contributed by atoms with E-state index < -0.39 is 0 Å². The number of furan rings is 1. The molecule has 0 radical (unpaired) electrons. The zero-order chi connectivity index (χ0) is 13.8. The molecule has 2 atom stereocenters. The van der Waals surface area contributed by atoms with Crippen LogP contribution in [-0.2, 0) is 6.54 Å². The molecule has 104 valence electrons. The maximum Gasteiger partial charge on any atom is 0.118 e. The lowest BCUT2D eigenvalue weighted by Gasteiger charge is -2.31. The third-order valence-corrected chi connectivity index (χ3v) is 4.14. The van der Waals surface area contributed by atoms with Gasteiger partial charge in [-0.1, -0.05) is 6.92 Å². The third kappa shape index (κ3) is 3.47. The molecular formula is C15H22N2OS. The van der Waals surface area contributed by atoms with Crippen LogP contribution in [0.25, 0.3) is 0 Å². The van der Waals surface area contributed by atoms with Crippen molar-refractivity contribution in [2.75, 3.05) is 7.05 Å². The van der Waals surface area contributed by atoms with E-state index in [4.69, 9.17) is 10.2 Å². The average Bonchev–Trinajstić information content (AvgIpc) is 3.01. The average molecular weight is 278 g/mol. The summed E-state index contributed by atoms with van der Waals surface area (Å²) in [4.78, 5) is 2.27. The van der Waals surface area contributed by atoms with Crippen molar-refractivity contribution in [2.45, 2.75) is 38.9 Å². The molecule has 0 saturated heterocycles. The molecule has 0 bridgehead atoms. The van der Waals surface area contributed by atoms with Gasteiger partial charge in [-0.2, -0.15) is 11.3 Å². The van der Waals surface area contributed by atoms with Gasteiger partial charge in [0, 0.05) is 6.04 Å². The number of aryl methyl sites for hydroxylation is 1. The molecular weight excluding hydrogens is 256 g/mol. The highest BCUT2D eigenvalue weighted by molar-refractivity contribution is 7.07. The highest BCUT2D eigenvalue weighted by Crippen LogP contribution is 2.27. The zero-order valence-corrected chi connectivity index (χ0v) is 12.6. The first-order chi connectivity index (χ1) is 9.11. The van der Waals surface area contributed by atoms with Gasteiger partial charge in [-0.05, 0) is 54.9 Å². The van der Waals surface area contributed by atoms with E-state index >= 15 is 0 Å². The van der Waals surface area contributed by atoms with Crippen LogP contribution in [0, 0.1) is 6.92 Å². The largest absolute Gasteiger partial charge is 0.465 e. The Morgan fingerprint density at radius 1 is 1.37 bits per heavy atom. The predicted molar refractivity (Wildman–Crippen MR) is 80.2 cm³/mol. The number of hydrogen-bond donors (Lipinski definition) is 1. The van der Waals surface area contributed by atoms with Gasteiger partial charge in [0.25, 0.3) is 0 Å². The quantitative estimate of drug-likeness (QED) is 0.878. The minimum absolute atomic E-state index is 0.135. The Morgan fingerprint density at radius 3 is 2.68 bits per heavy atom. The van der Waals surface area contributed by atoms with Crippen molar-refractivity contribution in [1.82, 2.24) is 4.90 Å². The molecule has 2 unspecified atom stereocenters. The van der Waals surface area contributed by atoms with Crippen LogP contribution in [0.3, 0.4) is 0 Å². The van der Waals surface area contributed by atoms with E-state index in [2.05, 4.69) is 35.7 Å². The lowest BCUT2D eigenvalue weighted by Crippen LogP contribution is -2.38. The number of hydrogen-bond acceptors (Lipinski definition) is 4. The van der Waals surface area contributed by atoms with E-state index in [1.54, 1.807) is 11.3 Å². The SMILES string of the molecule is CCC(N)C(c1ccsc1)N(C)Cc1ccc(C)o1. The van der Waals surface area contributed by atoms with Gasteiger partial charge in [0.15, 0.2) is 0 Å². The molecule has 3 nitrogen and oxygen atoms in total. The molecule has 0 aliphatic carbocycles. The molecule has 2 heterocycles. The Kier molecular flexibility index (Phi) is 4.80. The topological polar surface area (TPSA) is 42.4 Å². The summed E-state index contributed by atoms with van der Waals surface area (Å²) >= 11 is 1.72. The van der Waals surface area contributed by atoms with E-state index in [0.717, 1.165) is 24.5 Å². The van der Waals surface area contributed by atoms with Crippen molar-refractivity contribution in [3.8, 4) is 0 Å². The number of nitrogens with two attached hydrogens (primary N) is 1. The summed E-state index contributed by atoms with van der Waals surface area (Å²) in [6, 6.07) is 6.57. The smallest absolute Gasteiger partial charge is 0.118 e. The van der Waals surface area contributed by atoms with Crippen LogP contribution in [0.4, 0.5) is 0 Å². The summed E-state index contributed by atoms with van der Waals surface area (Å²) in [7, 11) is 2.11. The fourth-order valence-corrected chi connectivity index (χ4v) is 3.10. The van der Waals surface area contributed by atoms with Crippen LogP contribution in [0.1, 0.15) is 36.5 Å². The van der Waals surface area contributed by atoms with Gasteiger partial charge in [0.05, 0.1) is 12.6 Å². The van der Waals surface area contributed by atoms with E-state index in [0.29, 0.717) is 0 Å². The molecule has 2 rings (SSSR count). The third-order valence-electron chi connectivity index (χ3n) is 3.44.